The third-order valence-corrected chi connectivity index (χ3v) is 7.58. The largest absolute Gasteiger partial charge is 0.309 e. The fourth-order valence-corrected chi connectivity index (χ4v) is 6.13. The van der Waals surface area contributed by atoms with Crippen LogP contribution < -0.4 is 9.80 Å². The highest BCUT2D eigenvalue weighted by atomic mass is 16.6. The van der Waals surface area contributed by atoms with E-state index in [0.29, 0.717) is 41.3 Å². The Kier molecular flexibility index (Phi) is 5.54. The molecule has 1 amide bonds. The van der Waals surface area contributed by atoms with E-state index in [1.807, 2.05) is 12.1 Å². The number of carbonyl (C=O) groups excluding carboxylic acids is 2. The Labute approximate surface area is 224 Å². The Morgan fingerprint density at radius 1 is 1.08 bits per heavy atom. The second kappa shape index (κ2) is 8.96. The zero-order valence-electron chi connectivity index (χ0n) is 20.9. The van der Waals surface area contributed by atoms with Crippen molar-refractivity contribution in [2.75, 3.05) is 16.3 Å². The number of Topliss-reactive ketones (excluding diaryl/α,β-unsaturated/α-hetero) is 1. The maximum absolute atomic E-state index is 14.6. The summed E-state index contributed by atoms with van der Waals surface area (Å²) in [4.78, 5) is 43.0. The standard InChI is InChI=1S/C30H23N5O4/c1-2-15-33-24-12-4-3-11-22(24)30(29(33)37)23(19-31)28(32-16-5-6-17-32)34(25-13-8-14-26(36)27(25)30)20-9-7-10-21(18-20)35(38)39/h2-7,9-12,16-18H,1,8,13-15H2/t30-/m1/s1. The summed E-state index contributed by atoms with van der Waals surface area (Å²) in [5, 5.41) is 22.5. The Hall–Kier alpha value is -5.23. The molecule has 0 N–H and O–H groups in total. The number of nitriles is 1. The molecule has 2 aromatic carbocycles. The van der Waals surface area contributed by atoms with Gasteiger partial charge in [-0.2, -0.15) is 5.26 Å². The third kappa shape index (κ3) is 3.25. The number of non-ortho nitro benzene ring substituents is 1. The van der Waals surface area contributed by atoms with Gasteiger partial charge >= 0.3 is 0 Å². The van der Waals surface area contributed by atoms with Gasteiger partial charge in [0.1, 0.15) is 17.3 Å². The predicted molar refractivity (Wildman–Crippen MR) is 145 cm³/mol. The number of nitro groups is 1. The van der Waals surface area contributed by atoms with Crippen LogP contribution in [0.2, 0.25) is 0 Å². The van der Waals surface area contributed by atoms with Crippen LogP contribution in [0, 0.1) is 21.4 Å². The highest BCUT2D eigenvalue weighted by molar-refractivity contribution is 6.22. The Morgan fingerprint density at radius 3 is 2.56 bits per heavy atom. The smallest absolute Gasteiger partial charge is 0.271 e. The van der Waals surface area contributed by atoms with Crippen LogP contribution in [0.4, 0.5) is 17.1 Å². The van der Waals surface area contributed by atoms with Gasteiger partial charge in [-0.25, -0.2) is 0 Å². The highest BCUT2D eigenvalue weighted by Crippen LogP contribution is 2.58. The summed E-state index contributed by atoms with van der Waals surface area (Å²) < 4.78 is 1.73. The van der Waals surface area contributed by atoms with E-state index in [2.05, 4.69) is 12.6 Å². The topological polar surface area (TPSA) is 112 Å². The summed E-state index contributed by atoms with van der Waals surface area (Å²) in [6.45, 7) is 4.02. The van der Waals surface area contributed by atoms with Crippen LogP contribution in [0.15, 0.2) is 103 Å². The Bertz CT molecular complexity index is 1680. The van der Waals surface area contributed by atoms with Crippen molar-refractivity contribution >= 4 is 34.6 Å². The number of carbonyl (C=O) groups is 2. The number of para-hydroxylation sites is 1. The van der Waals surface area contributed by atoms with Gasteiger partial charge in [0.2, 0.25) is 5.91 Å². The van der Waals surface area contributed by atoms with Crippen molar-refractivity contribution in [1.29, 1.82) is 5.26 Å². The first-order valence-corrected chi connectivity index (χ1v) is 12.6. The van der Waals surface area contributed by atoms with Crippen molar-refractivity contribution in [3.8, 4) is 6.07 Å². The molecule has 1 aromatic heterocycles. The molecular weight excluding hydrogens is 494 g/mol. The number of hydrogen-bond acceptors (Lipinski definition) is 6. The SMILES string of the molecule is C=CCN1C(=O)[C@@]2(C(C#N)=C(n3cccc3)N(c3cccc([N+](=O)[O-])c3)C3=C2C(=O)CCC3)c2ccccc21. The number of anilines is 2. The van der Waals surface area contributed by atoms with Crippen molar-refractivity contribution < 1.29 is 14.5 Å². The molecule has 3 heterocycles. The summed E-state index contributed by atoms with van der Waals surface area (Å²) in [5.41, 5.74) is 0.757. The molecule has 3 aromatic rings. The van der Waals surface area contributed by atoms with Gasteiger partial charge in [-0.15, -0.1) is 6.58 Å². The Balaban J connectivity index is 1.77. The van der Waals surface area contributed by atoms with E-state index in [9.17, 15) is 25.0 Å². The molecule has 2 aliphatic heterocycles. The van der Waals surface area contributed by atoms with Crippen LogP contribution in [0.25, 0.3) is 5.82 Å². The number of fused-ring (bicyclic) bond motifs is 3. The normalized spacial score (nSPS) is 20.3. The lowest BCUT2D eigenvalue weighted by Gasteiger charge is -2.45. The highest BCUT2D eigenvalue weighted by Gasteiger charge is 2.62. The molecule has 0 bridgehead atoms. The zero-order chi connectivity index (χ0) is 27.3. The second-order valence-electron chi connectivity index (χ2n) is 9.58. The summed E-state index contributed by atoms with van der Waals surface area (Å²) in [5.74, 6) is -0.235. The van der Waals surface area contributed by atoms with Crippen LogP contribution in [0.5, 0.6) is 0 Å². The molecule has 3 aliphatic rings. The van der Waals surface area contributed by atoms with Crippen LogP contribution in [0.1, 0.15) is 24.8 Å². The quantitative estimate of drug-likeness (QED) is 0.265. The van der Waals surface area contributed by atoms with Crippen LogP contribution in [0.3, 0.4) is 0 Å². The minimum atomic E-state index is -1.65. The lowest BCUT2D eigenvalue weighted by molar-refractivity contribution is -0.384. The number of amides is 1. The predicted octanol–water partition coefficient (Wildman–Crippen LogP) is 5.09. The first-order valence-electron chi connectivity index (χ1n) is 12.6. The molecule has 0 radical (unpaired) electrons. The molecule has 1 atom stereocenters. The van der Waals surface area contributed by atoms with Crippen LogP contribution >= 0.6 is 0 Å². The number of nitrogens with zero attached hydrogens (tertiary/aromatic N) is 5. The molecule has 9 heteroatoms. The molecule has 0 saturated carbocycles. The van der Waals surface area contributed by atoms with Crippen LogP contribution in [-0.4, -0.2) is 27.7 Å². The number of ketones is 1. The van der Waals surface area contributed by atoms with Gasteiger partial charge in [-0.3, -0.25) is 24.6 Å². The minimum absolute atomic E-state index is 0.0863. The molecule has 1 spiro atoms. The number of aromatic nitrogens is 1. The summed E-state index contributed by atoms with van der Waals surface area (Å²) in [6.07, 6.45) is 6.37. The lowest BCUT2D eigenvalue weighted by atomic mass is 9.63. The van der Waals surface area contributed by atoms with Crippen molar-refractivity contribution in [3.05, 3.63) is 118 Å². The maximum atomic E-state index is 14.6. The summed E-state index contributed by atoms with van der Waals surface area (Å²) >= 11 is 0. The third-order valence-electron chi connectivity index (χ3n) is 7.58. The van der Waals surface area contributed by atoms with Crippen LogP contribution in [-0.2, 0) is 15.0 Å². The van der Waals surface area contributed by atoms with Gasteiger partial charge in [0, 0.05) is 60.0 Å². The van der Waals surface area contributed by atoms with Crippen molar-refractivity contribution in [1.82, 2.24) is 4.57 Å². The van der Waals surface area contributed by atoms with E-state index < -0.39 is 10.3 Å². The lowest BCUT2D eigenvalue weighted by Crippen LogP contribution is -2.51. The average molecular weight is 518 g/mol. The monoisotopic (exact) mass is 517 g/mol. The average Bonchev–Trinajstić information content (AvgIpc) is 3.56. The van der Waals surface area contributed by atoms with E-state index in [1.165, 1.54) is 12.1 Å². The van der Waals surface area contributed by atoms with Gasteiger partial charge in [0.15, 0.2) is 5.78 Å². The van der Waals surface area contributed by atoms with Gasteiger partial charge in [-0.1, -0.05) is 30.3 Å². The molecule has 192 valence electrons. The summed E-state index contributed by atoms with van der Waals surface area (Å²) in [7, 11) is 0. The van der Waals surface area contributed by atoms with Gasteiger partial charge in [-0.05, 0) is 37.1 Å². The van der Waals surface area contributed by atoms with Gasteiger partial charge < -0.3 is 9.47 Å². The van der Waals surface area contributed by atoms with Crippen molar-refractivity contribution in [3.63, 3.8) is 0 Å². The van der Waals surface area contributed by atoms with Crippen molar-refractivity contribution in [2.24, 2.45) is 0 Å². The fourth-order valence-electron chi connectivity index (χ4n) is 6.13. The molecule has 0 unspecified atom stereocenters. The first-order chi connectivity index (χ1) is 18.9. The number of hydrogen-bond donors (Lipinski definition) is 0. The van der Waals surface area contributed by atoms with E-state index in [-0.39, 0.29) is 41.5 Å². The van der Waals surface area contributed by atoms with E-state index in [4.69, 9.17) is 0 Å². The number of allylic oxidation sites excluding steroid dienone is 1. The van der Waals surface area contributed by atoms with E-state index in [1.54, 1.807) is 69.2 Å². The molecule has 0 fully saturated rings. The Morgan fingerprint density at radius 2 is 1.85 bits per heavy atom. The molecular formula is C30H23N5O4. The molecule has 39 heavy (non-hydrogen) atoms. The summed E-state index contributed by atoms with van der Waals surface area (Å²) in [6, 6.07) is 19.3. The van der Waals surface area contributed by atoms with Gasteiger partial charge in [0.25, 0.3) is 5.69 Å². The molecule has 0 saturated heterocycles. The fraction of sp³-hybridized carbons (Fsp3) is 0.167. The maximum Gasteiger partial charge on any atom is 0.271 e. The number of nitro benzene ring substituents is 1. The number of benzene rings is 2. The van der Waals surface area contributed by atoms with Crippen molar-refractivity contribution in [2.45, 2.75) is 24.7 Å². The molecule has 9 nitrogen and oxygen atoms in total. The molecule has 6 rings (SSSR count). The van der Waals surface area contributed by atoms with E-state index >= 15 is 0 Å². The first kappa shape index (κ1) is 24.1. The minimum Gasteiger partial charge on any atom is -0.309 e. The molecule has 1 aliphatic carbocycles. The van der Waals surface area contributed by atoms with Gasteiger partial charge in [0.05, 0.1) is 16.2 Å². The van der Waals surface area contributed by atoms with E-state index in [0.717, 1.165) is 0 Å². The zero-order valence-corrected chi connectivity index (χ0v) is 20.9. The second-order valence-corrected chi connectivity index (χ2v) is 9.58. The number of rotatable bonds is 5.